The summed E-state index contributed by atoms with van der Waals surface area (Å²) in [7, 11) is 0. The van der Waals surface area contributed by atoms with E-state index in [0.29, 0.717) is 18.6 Å². The maximum Gasteiger partial charge on any atom is 0.389 e. The zero-order chi connectivity index (χ0) is 13.6. The molecule has 108 valence electrons. The Kier molecular flexibility index (Phi) is 6.43. The number of halogens is 3. The van der Waals surface area contributed by atoms with E-state index in [2.05, 4.69) is 24.1 Å². The van der Waals surface area contributed by atoms with Gasteiger partial charge in [0.05, 0.1) is 0 Å². The van der Waals surface area contributed by atoms with Crippen LogP contribution in [0.1, 0.15) is 46.0 Å². The molecule has 0 amide bonds. The quantitative estimate of drug-likeness (QED) is 0.794. The van der Waals surface area contributed by atoms with E-state index < -0.39 is 12.6 Å². The Morgan fingerprint density at radius 3 is 2.56 bits per heavy atom. The molecule has 1 heterocycles. The molecule has 18 heavy (non-hydrogen) atoms. The molecule has 2 nitrogen and oxygen atoms in total. The molecule has 1 saturated heterocycles. The molecule has 0 saturated carbocycles. The predicted octanol–water partition coefficient (Wildman–Crippen LogP) is 3.18. The summed E-state index contributed by atoms with van der Waals surface area (Å²) >= 11 is 0. The third-order valence-corrected chi connectivity index (χ3v) is 3.63. The van der Waals surface area contributed by atoms with E-state index in [1.165, 1.54) is 0 Å². The maximum absolute atomic E-state index is 12.2. The lowest BCUT2D eigenvalue weighted by molar-refractivity contribution is -0.136. The lowest BCUT2D eigenvalue weighted by Gasteiger charge is -2.40. The molecular weight excluding hydrogens is 241 g/mol. The highest BCUT2D eigenvalue weighted by Crippen LogP contribution is 2.22. The minimum atomic E-state index is -4.02. The van der Waals surface area contributed by atoms with E-state index >= 15 is 0 Å². The van der Waals surface area contributed by atoms with E-state index in [0.717, 1.165) is 32.4 Å². The second-order valence-corrected chi connectivity index (χ2v) is 5.17. The van der Waals surface area contributed by atoms with Crippen LogP contribution in [0.25, 0.3) is 0 Å². The van der Waals surface area contributed by atoms with Crippen LogP contribution in [0.2, 0.25) is 0 Å². The van der Waals surface area contributed by atoms with Crippen LogP contribution in [-0.2, 0) is 0 Å². The molecule has 0 spiro atoms. The van der Waals surface area contributed by atoms with E-state index in [1.807, 2.05) is 0 Å². The van der Waals surface area contributed by atoms with Crippen molar-refractivity contribution in [3.63, 3.8) is 0 Å². The Morgan fingerprint density at radius 2 is 2.00 bits per heavy atom. The van der Waals surface area contributed by atoms with Crippen molar-refractivity contribution >= 4 is 0 Å². The van der Waals surface area contributed by atoms with Gasteiger partial charge in [-0.2, -0.15) is 13.2 Å². The molecule has 0 aromatic heterocycles. The summed E-state index contributed by atoms with van der Waals surface area (Å²) in [6, 6.07) is 0.843. The molecule has 1 N–H and O–H groups in total. The Labute approximate surface area is 108 Å². The summed E-state index contributed by atoms with van der Waals surface area (Å²) in [5.74, 6) is 0. The van der Waals surface area contributed by atoms with Gasteiger partial charge in [0.2, 0.25) is 0 Å². The number of nitrogens with one attached hydrogen (secondary N) is 1. The molecule has 0 radical (unpaired) electrons. The molecule has 5 heteroatoms. The van der Waals surface area contributed by atoms with Gasteiger partial charge in [0.15, 0.2) is 0 Å². The molecule has 1 aliphatic heterocycles. The highest BCUT2D eigenvalue weighted by molar-refractivity contribution is 4.85. The highest BCUT2D eigenvalue weighted by atomic mass is 19.4. The van der Waals surface area contributed by atoms with Crippen LogP contribution in [0.5, 0.6) is 0 Å². The second-order valence-electron chi connectivity index (χ2n) is 5.17. The van der Waals surface area contributed by atoms with Gasteiger partial charge in [-0.05, 0) is 25.8 Å². The van der Waals surface area contributed by atoms with Crippen molar-refractivity contribution in [2.75, 3.05) is 19.6 Å². The van der Waals surface area contributed by atoms with Crippen LogP contribution in [0.4, 0.5) is 13.2 Å². The largest absolute Gasteiger partial charge is 0.389 e. The molecule has 1 aliphatic rings. The SMILES string of the molecule is CCCC1CN(CCCC(F)(F)F)C(CC)CN1. The smallest absolute Gasteiger partial charge is 0.311 e. The molecule has 0 aromatic rings. The fourth-order valence-electron chi connectivity index (χ4n) is 2.63. The average Bonchev–Trinajstić information content (AvgIpc) is 2.28. The van der Waals surface area contributed by atoms with E-state index in [-0.39, 0.29) is 6.42 Å². The summed E-state index contributed by atoms with van der Waals surface area (Å²) in [5.41, 5.74) is 0. The monoisotopic (exact) mass is 266 g/mol. The minimum Gasteiger partial charge on any atom is -0.311 e. The molecule has 1 fully saturated rings. The van der Waals surface area contributed by atoms with Crippen molar-refractivity contribution in [1.29, 1.82) is 0 Å². The van der Waals surface area contributed by atoms with Gasteiger partial charge in [0.1, 0.15) is 0 Å². The van der Waals surface area contributed by atoms with Crippen LogP contribution < -0.4 is 5.32 Å². The summed E-state index contributed by atoms with van der Waals surface area (Å²) in [6.45, 7) is 6.61. The van der Waals surface area contributed by atoms with Crippen LogP contribution >= 0.6 is 0 Å². The van der Waals surface area contributed by atoms with Crippen molar-refractivity contribution in [2.45, 2.75) is 64.2 Å². The number of piperazine rings is 1. The number of rotatable bonds is 6. The van der Waals surface area contributed by atoms with Crippen LogP contribution in [-0.4, -0.2) is 42.8 Å². The zero-order valence-corrected chi connectivity index (χ0v) is 11.4. The van der Waals surface area contributed by atoms with Crippen molar-refractivity contribution in [2.24, 2.45) is 0 Å². The maximum atomic E-state index is 12.2. The average molecular weight is 266 g/mol. The lowest BCUT2D eigenvalue weighted by atomic mass is 10.0. The fraction of sp³-hybridized carbons (Fsp3) is 1.00. The number of hydrogen-bond acceptors (Lipinski definition) is 2. The minimum absolute atomic E-state index is 0.221. The van der Waals surface area contributed by atoms with Gasteiger partial charge in [-0.15, -0.1) is 0 Å². The van der Waals surface area contributed by atoms with Crippen LogP contribution in [0, 0.1) is 0 Å². The van der Waals surface area contributed by atoms with E-state index in [9.17, 15) is 13.2 Å². The fourth-order valence-corrected chi connectivity index (χ4v) is 2.63. The predicted molar refractivity (Wildman–Crippen MR) is 67.6 cm³/mol. The molecule has 2 atom stereocenters. The van der Waals surface area contributed by atoms with Gasteiger partial charge >= 0.3 is 6.18 Å². The number of hydrogen-bond donors (Lipinski definition) is 1. The number of nitrogens with zero attached hydrogens (tertiary/aromatic N) is 1. The molecular formula is C13H25F3N2. The normalized spacial score (nSPS) is 26.5. The summed E-state index contributed by atoms with van der Waals surface area (Å²) in [5, 5.41) is 3.49. The first kappa shape index (κ1) is 15.8. The Bertz CT molecular complexity index is 231. The summed E-state index contributed by atoms with van der Waals surface area (Å²) in [4.78, 5) is 2.24. The molecule has 0 bridgehead atoms. The van der Waals surface area contributed by atoms with E-state index in [1.54, 1.807) is 0 Å². The van der Waals surface area contributed by atoms with Crippen molar-refractivity contribution in [3.05, 3.63) is 0 Å². The van der Waals surface area contributed by atoms with Gasteiger partial charge in [-0.3, -0.25) is 4.90 Å². The summed E-state index contributed by atoms with van der Waals surface area (Å²) < 4.78 is 36.5. The van der Waals surface area contributed by atoms with E-state index in [4.69, 9.17) is 0 Å². The molecule has 1 rings (SSSR count). The Balaban J connectivity index is 2.37. The van der Waals surface area contributed by atoms with Crippen molar-refractivity contribution in [1.82, 2.24) is 10.2 Å². The van der Waals surface area contributed by atoms with Gasteiger partial charge in [-0.25, -0.2) is 0 Å². The number of alkyl halides is 3. The third-order valence-electron chi connectivity index (χ3n) is 3.63. The van der Waals surface area contributed by atoms with Crippen LogP contribution in [0.3, 0.4) is 0 Å². The van der Waals surface area contributed by atoms with Crippen molar-refractivity contribution < 1.29 is 13.2 Å². The third kappa shape index (κ3) is 5.57. The Hall–Kier alpha value is -0.290. The highest BCUT2D eigenvalue weighted by Gasteiger charge is 2.29. The zero-order valence-electron chi connectivity index (χ0n) is 11.4. The van der Waals surface area contributed by atoms with Gasteiger partial charge in [0, 0.05) is 31.6 Å². The first-order valence-electron chi connectivity index (χ1n) is 7.00. The van der Waals surface area contributed by atoms with Crippen molar-refractivity contribution in [3.8, 4) is 0 Å². The lowest BCUT2D eigenvalue weighted by Crippen LogP contribution is -2.56. The van der Waals surface area contributed by atoms with Crippen LogP contribution in [0.15, 0.2) is 0 Å². The first-order chi connectivity index (χ1) is 8.46. The molecule has 0 aliphatic carbocycles. The van der Waals surface area contributed by atoms with Gasteiger partial charge < -0.3 is 5.32 Å². The molecule has 0 aromatic carbocycles. The van der Waals surface area contributed by atoms with Gasteiger partial charge in [-0.1, -0.05) is 20.3 Å². The van der Waals surface area contributed by atoms with Gasteiger partial charge in [0.25, 0.3) is 0 Å². The Morgan fingerprint density at radius 1 is 1.28 bits per heavy atom. The first-order valence-corrected chi connectivity index (χ1v) is 7.00. The molecule has 2 unspecified atom stereocenters. The topological polar surface area (TPSA) is 15.3 Å². The standard InChI is InChI=1S/C13H25F3N2/c1-3-6-11-10-18(12(4-2)9-17-11)8-5-7-13(14,15)16/h11-12,17H,3-10H2,1-2H3. The second kappa shape index (κ2) is 7.34. The summed E-state index contributed by atoms with van der Waals surface area (Å²) in [6.07, 6.45) is -1.24.